The highest BCUT2D eigenvalue weighted by Gasteiger charge is 2.36. The molecule has 0 aliphatic heterocycles. The number of nitrogens with zero attached hydrogens (tertiary/aromatic N) is 3. The van der Waals surface area contributed by atoms with Gasteiger partial charge in [0.05, 0.1) is 17.0 Å². The maximum Gasteiger partial charge on any atom is 0.416 e. The van der Waals surface area contributed by atoms with Crippen molar-refractivity contribution >= 4 is 11.6 Å². The summed E-state index contributed by atoms with van der Waals surface area (Å²) in [5.41, 5.74) is 0.0250. The average Bonchev–Trinajstić information content (AvgIpc) is 2.72. The number of hydrogen-bond donors (Lipinski definition) is 0. The summed E-state index contributed by atoms with van der Waals surface area (Å²) in [5, 5.41) is 10.7. The number of alkyl halides is 3. The SMILES string of the molecule is N#CC(CCc1ccc(Cl)cc1)(Cc1cncnc1)c1cccc(C(F)(F)F)c1. The zero-order chi connectivity index (χ0) is 20.9. The Kier molecular flexibility index (Phi) is 6.19. The van der Waals surface area contributed by atoms with Gasteiger partial charge in [-0.3, -0.25) is 0 Å². The standard InChI is InChI=1S/C22H17ClF3N3/c23-20-6-4-16(5-7-20)8-9-21(14-27,11-17-12-28-15-29-13-17)18-2-1-3-19(10-18)22(24,25)26/h1-7,10,12-13,15H,8-9,11H2. The number of aromatic nitrogens is 2. The first kappa shape index (κ1) is 20.8. The van der Waals surface area contributed by atoms with Crippen molar-refractivity contribution in [3.8, 4) is 6.07 Å². The third-order valence-electron chi connectivity index (χ3n) is 4.83. The molecule has 0 spiro atoms. The van der Waals surface area contributed by atoms with Gasteiger partial charge in [0.1, 0.15) is 6.33 Å². The molecule has 3 rings (SSSR count). The van der Waals surface area contributed by atoms with Gasteiger partial charge in [0.2, 0.25) is 0 Å². The molecule has 0 N–H and O–H groups in total. The maximum atomic E-state index is 13.3. The van der Waals surface area contributed by atoms with Crippen LogP contribution in [0.1, 0.15) is 28.7 Å². The molecule has 0 fully saturated rings. The molecule has 1 atom stereocenters. The van der Waals surface area contributed by atoms with E-state index in [-0.39, 0.29) is 6.42 Å². The van der Waals surface area contributed by atoms with Crippen LogP contribution in [0.4, 0.5) is 13.2 Å². The molecule has 7 heteroatoms. The minimum atomic E-state index is -4.48. The molecule has 0 radical (unpaired) electrons. The molecule has 1 aromatic heterocycles. The zero-order valence-electron chi connectivity index (χ0n) is 15.3. The molecular formula is C22H17ClF3N3. The molecule has 3 nitrogen and oxygen atoms in total. The van der Waals surface area contributed by atoms with Gasteiger partial charge in [-0.2, -0.15) is 18.4 Å². The molecule has 1 unspecified atom stereocenters. The number of nitriles is 1. The fraction of sp³-hybridized carbons (Fsp3) is 0.227. The third-order valence-corrected chi connectivity index (χ3v) is 5.08. The van der Waals surface area contributed by atoms with Gasteiger partial charge in [-0.15, -0.1) is 0 Å². The van der Waals surface area contributed by atoms with Crippen molar-refractivity contribution in [3.05, 3.63) is 94.5 Å². The molecule has 3 aromatic rings. The summed E-state index contributed by atoms with van der Waals surface area (Å²) in [6.45, 7) is 0. The van der Waals surface area contributed by atoms with Crippen LogP contribution in [0.25, 0.3) is 0 Å². The molecule has 29 heavy (non-hydrogen) atoms. The number of aryl methyl sites for hydroxylation is 1. The van der Waals surface area contributed by atoms with Crippen LogP contribution < -0.4 is 0 Å². The fourth-order valence-corrected chi connectivity index (χ4v) is 3.39. The highest BCUT2D eigenvalue weighted by atomic mass is 35.5. The van der Waals surface area contributed by atoms with Gasteiger partial charge < -0.3 is 0 Å². The van der Waals surface area contributed by atoms with Crippen molar-refractivity contribution < 1.29 is 13.2 Å². The number of rotatable bonds is 6. The average molecular weight is 416 g/mol. The lowest BCUT2D eigenvalue weighted by Crippen LogP contribution is -2.29. The van der Waals surface area contributed by atoms with Crippen molar-refractivity contribution in [2.24, 2.45) is 0 Å². The first-order chi connectivity index (χ1) is 13.8. The maximum absolute atomic E-state index is 13.3. The van der Waals surface area contributed by atoms with Crippen molar-refractivity contribution in [3.63, 3.8) is 0 Å². The molecule has 148 valence electrons. The first-order valence-corrected chi connectivity index (χ1v) is 9.27. The molecule has 0 bridgehead atoms. The quantitative estimate of drug-likeness (QED) is 0.512. The molecule has 0 saturated heterocycles. The van der Waals surface area contributed by atoms with E-state index in [1.54, 1.807) is 30.6 Å². The third kappa shape index (κ3) is 5.12. The van der Waals surface area contributed by atoms with Crippen LogP contribution in [0.5, 0.6) is 0 Å². The van der Waals surface area contributed by atoms with E-state index in [4.69, 9.17) is 11.6 Å². The lowest BCUT2D eigenvalue weighted by molar-refractivity contribution is -0.137. The monoisotopic (exact) mass is 415 g/mol. The van der Waals surface area contributed by atoms with E-state index < -0.39 is 17.2 Å². The zero-order valence-corrected chi connectivity index (χ0v) is 16.1. The van der Waals surface area contributed by atoms with Crippen molar-refractivity contribution in [2.75, 3.05) is 0 Å². The first-order valence-electron chi connectivity index (χ1n) is 8.90. The lowest BCUT2D eigenvalue weighted by Gasteiger charge is -2.28. The Morgan fingerprint density at radius 3 is 2.21 bits per heavy atom. The summed E-state index contributed by atoms with van der Waals surface area (Å²) < 4.78 is 39.8. The molecule has 0 aliphatic rings. The lowest BCUT2D eigenvalue weighted by atomic mass is 9.73. The number of benzene rings is 2. The molecular weight excluding hydrogens is 399 g/mol. The predicted octanol–water partition coefficient (Wildman–Crippen LogP) is 5.79. The second kappa shape index (κ2) is 8.62. The van der Waals surface area contributed by atoms with E-state index in [0.29, 0.717) is 29.0 Å². The Hall–Kier alpha value is -2.91. The highest BCUT2D eigenvalue weighted by Crippen LogP contribution is 2.37. The molecule has 1 heterocycles. The van der Waals surface area contributed by atoms with Crippen LogP contribution in [0, 0.1) is 11.3 Å². The van der Waals surface area contributed by atoms with E-state index in [2.05, 4.69) is 16.0 Å². The van der Waals surface area contributed by atoms with Crippen LogP contribution in [0.15, 0.2) is 67.3 Å². The van der Waals surface area contributed by atoms with Gasteiger partial charge in [-0.1, -0.05) is 41.9 Å². The minimum absolute atomic E-state index is 0.208. The largest absolute Gasteiger partial charge is 0.416 e. The van der Waals surface area contributed by atoms with E-state index in [1.165, 1.54) is 12.4 Å². The molecule has 0 saturated carbocycles. The van der Waals surface area contributed by atoms with Crippen molar-refractivity contribution in [1.29, 1.82) is 5.26 Å². The van der Waals surface area contributed by atoms with Crippen LogP contribution in [-0.4, -0.2) is 9.97 Å². The second-order valence-corrected chi connectivity index (χ2v) is 7.26. The molecule has 0 amide bonds. The van der Waals surface area contributed by atoms with E-state index >= 15 is 0 Å². The topological polar surface area (TPSA) is 49.6 Å². The summed E-state index contributed by atoms with van der Waals surface area (Å²) in [4.78, 5) is 7.93. The Balaban J connectivity index is 2.00. The smallest absolute Gasteiger partial charge is 0.245 e. The summed E-state index contributed by atoms with van der Waals surface area (Å²) in [6, 6.07) is 14.5. The van der Waals surface area contributed by atoms with E-state index in [0.717, 1.165) is 17.7 Å². The Bertz CT molecular complexity index is 998. The van der Waals surface area contributed by atoms with Gasteiger partial charge in [-0.25, -0.2) is 9.97 Å². The van der Waals surface area contributed by atoms with Crippen LogP contribution in [-0.2, 0) is 24.4 Å². The van der Waals surface area contributed by atoms with Crippen LogP contribution in [0.3, 0.4) is 0 Å². The summed E-state index contributed by atoms with van der Waals surface area (Å²) in [7, 11) is 0. The Labute approximate surface area is 171 Å². The second-order valence-electron chi connectivity index (χ2n) is 6.82. The number of halogens is 4. The Morgan fingerprint density at radius 2 is 1.59 bits per heavy atom. The van der Waals surface area contributed by atoms with Gasteiger partial charge in [0, 0.05) is 17.4 Å². The number of hydrogen-bond acceptors (Lipinski definition) is 3. The Morgan fingerprint density at radius 1 is 0.931 bits per heavy atom. The van der Waals surface area contributed by atoms with E-state index in [9.17, 15) is 18.4 Å². The molecule has 2 aromatic carbocycles. The van der Waals surface area contributed by atoms with Crippen molar-refractivity contribution in [1.82, 2.24) is 9.97 Å². The summed E-state index contributed by atoms with van der Waals surface area (Å²) in [6.07, 6.45) is 1.10. The minimum Gasteiger partial charge on any atom is -0.245 e. The van der Waals surface area contributed by atoms with Gasteiger partial charge in [0.25, 0.3) is 0 Å². The van der Waals surface area contributed by atoms with Crippen molar-refractivity contribution in [2.45, 2.75) is 30.9 Å². The normalized spacial score (nSPS) is 13.5. The fourth-order valence-electron chi connectivity index (χ4n) is 3.27. The van der Waals surface area contributed by atoms with E-state index in [1.807, 2.05) is 12.1 Å². The summed E-state index contributed by atoms with van der Waals surface area (Å²) in [5.74, 6) is 0. The van der Waals surface area contributed by atoms with Gasteiger partial charge in [0.15, 0.2) is 0 Å². The van der Waals surface area contributed by atoms with Crippen LogP contribution >= 0.6 is 11.6 Å². The van der Waals surface area contributed by atoms with Crippen LogP contribution in [0.2, 0.25) is 5.02 Å². The van der Waals surface area contributed by atoms with Gasteiger partial charge >= 0.3 is 6.18 Å². The predicted molar refractivity (Wildman–Crippen MR) is 104 cm³/mol. The molecule has 0 aliphatic carbocycles. The van der Waals surface area contributed by atoms with Gasteiger partial charge in [-0.05, 0) is 54.2 Å². The summed E-state index contributed by atoms with van der Waals surface area (Å²) >= 11 is 5.92. The highest BCUT2D eigenvalue weighted by molar-refractivity contribution is 6.30.